The van der Waals surface area contributed by atoms with Crippen LogP contribution in [0.4, 0.5) is 11.9 Å². The van der Waals surface area contributed by atoms with Gasteiger partial charge < -0.3 is 9.80 Å². The molecular weight excluding hydrogens is 262 g/mol. The quantitative estimate of drug-likeness (QED) is 0.850. The molecule has 0 radical (unpaired) electrons. The third-order valence-corrected chi connectivity index (χ3v) is 3.69. The van der Waals surface area contributed by atoms with E-state index in [-0.39, 0.29) is 5.28 Å². The maximum atomic E-state index is 6.05. The zero-order chi connectivity index (χ0) is 13.7. The fourth-order valence-electron chi connectivity index (χ4n) is 2.39. The zero-order valence-corrected chi connectivity index (χ0v) is 12.5. The largest absolute Gasteiger partial charge is 0.341 e. The molecule has 2 heterocycles. The number of aromatic nitrogens is 3. The van der Waals surface area contributed by atoms with Crippen LogP contribution in [0.25, 0.3) is 0 Å². The highest BCUT2D eigenvalue weighted by Gasteiger charge is 2.16. The molecule has 0 bridgehead atoms. The predicted octanol–water partition coefficient (Wildman–Crippen LogP) is 2.75. The first-order valence-electron chi connectivity index (χ1n) is 7.16. The van der Waals surface area contributed by atoms with E-state index in [9.17, 15) is 0 Å². The second kappa shape index (κ2) is 6.89. The van der Waals surface area contributed by atoms with Gasteiger partial charge in [-0.2, -0.15) is 15.0 Å². The normalized spacial score (nSPS) is 16.3. The number of nitrogens with zero attached hydrogens (tertiary/aromatic N) is 5. The van der Waals surface area contributed by atoms with Crippen LogP contribution in [-0.2, 0) is 0 Å². The summed E-state index contributed by atoms with van der Waals surface area (Å²) in [5, 5.41) is 0.288. The Bertz CT molecular complexity index is 400. The molecule has 1 aliphatic heterocycles. The van der Waals surface area contributed by atoms with Crippen molar-refractivity contribution in [3.63, 3.8) is 0 Å². The van der Waals surface area contributed by atoms with Crippen molar-refractivity contribution in [2.75, 3.05) is 36.0 Å². The maximum absolute atomic E-state index is 6.05. The van der Waals surface area contributed by atoms with E-state index in [0.29, 0.717) is 5.95 Å². The van der Waals surface area contributed by atoms with Gasteiger partial charge in [-0.3, -0.25) is 0 Å². The second-order valence-electron chi connectivity index (χ2n) is 4.78. The van der Waals surface area contributed by atoms with Crippen LogP contribution in [0.15, 0.2) is 0 Å². The molecule has 19 heavy (non-hydrogen) atoms. The Hall–Kier alpha value is -1.10. The van der Waals surface area contributed by atoms with Crippen LogP contribution in [0.5, 0.6) is 0 Å². The third-order valence-electron chi connectivity index (χ3n) is 3.52. The number of hydrogen-bond donors (Lipinski definition) is 0. The fourth-order valence-corrected chi connectivity index (χ4v) is 2.54. The van der Waals surface area contributed by atoms with Crippen molar-refractivity contribution in [2.24, 2.45) is 0 Å². The minimum absolute atomic E-state index is 0.288. The Morgan fingerprint density at radius 2 is 1.63 bits per heavy atom. The Morgan fingerprint density at radius 3 is 2.21 bits per heavy atom. The molecular formula is C13H22ClN5. The lowest BCUT2D eigenvalue weighted by Gasteiger charge is -2.23. The van der Waals surface area contributed by atoms with Gasteiger partial charge in [-0.25, -0.2) is 0 Å². The highest BCUT2D eigenvalue weighted by Crippen LogP contribution is 2.19. The van der Waals surface area contributed by atoms with E-state index in [4.69, 9.17) is 11.6 Å². The van der Waals surface area contributed by atoms with Crippen molar-refractivity contribution in [1.29, 1.82) is 0 Å². The van der Waals surface area contributed by atoms with Crippen molar-refractivity contribution in [3.05, 3.63) is 5.28 Å². The Labute approximate surface area is 120 Å². The monoisotopic (exact) mass is 283 g/mol. The summed E-state index contributed by atoms with van der Waals surface area (Å²) in [4.78, 5) is 17.4. The fraction of sp³-hybridized carbons (Fsp3) is 0.769. The van der Waals surface area contributed by atoms with E-state index in [1.54, 1.807) is 0 Å². The highest BCUT2D eigenvalue weighted by molar-refractivity contribution is 6.28. The molecule has 0 spiro atoms. The van der Waals surface area contributed by atoms with E-state index in [1.165, 1.54) is 25.7 Å². The van der Waals surface area contributed by atoms with Gasteiger partial charge in [0.2, 0.25) is 17.2 Å². The molecule has 1 aliphatic rings. The molecule has 0 atom stereocenters. The van der Waals surface area contributed by atoms with Gasteiger partial charge in [0.1, 0.15) is 0 Å². The maximum Gasteiger partial charge on any atom is 0.231 e. The molecule has 1 saturated heterocycles. The molecule has 1 aromatic rings. The van der Waals surface area contributed by atoms with Gasteiger partial charge in [-0.15, -0.1) is 0 Å². The van der Waals surface area contributed by atoms with Gasteiger partial charge in [0.05, 0.1) is 0 Å². The number of hydrogen-bond acceptors (Lipinski definition) is 5. The van der Waals surface area contributed by atoms with Crippen molar-refractivity contribution < 1.29 is 0 Å². The van der Waals surface area contributed by atoms with Gasteiger partial charge in [0, 0.05) is 26.2 Å². The lowest BCUT2D eigenvalue weighted by atomic mass is 10.2. The Balaban J connectivity index is 2.24. The lowest BCUT2D eigenvalue weighted by molar-refractivity contribution is 0.726. The summed E-state index contributed by atoms with van der Waals surface area (Å²) in [7, 11) is 0. The number of anilines is 2. The molecule has 1 aromatic heterocycles. The average Bonchev–Trinajstić information content (AvgIpc) is 2.68. The topological polar surface area (TPSA) is 45.2 Å². The molecule has 0 aromatic carbocycles. The first-order chi connectivity index (χ1) is 9.24. The van der Waals surface area contributed by atoms with Crippen LogP contribution >= 0.6 is 11.6 Å². The zero-order valence-electron chi connectivity index (χ0n) is 11.8. The van der Waals surface area contributed by atoms with Gasteiger partial charge >= 0.3 is 0 Å². The SMILES string of the molecule is CCN(CC)c1nc(Cl)nc(N2CCCCCC2)n1. The van der Waals surface area contributed by atoms with E-state index in [2.05, 4.69) is 38.6 Å². The van der Waals surface area contributed by atoms with Crippen molar-refractivity contribution in [1.82, 2.24) is 15.0 Å². The van der Waals surface area contributed by atoms with Crippen LogP contribution in [0, 0.1) is 0 Å². The molecule has 5 nitrogen and oxygen atoms in total. The van der Waals surface area contributed by atoms with E-state index in [1.807, 2.05) is 0 Å². The van der Waals surface area contributed by atoms with Crippen molar-refractivity contribution in [2.45, 2.75) is 39.5 Å². The molecule has 2 rings (SSSR count). The van der Waals surface area contributed by atoms with Gasteiger partial charge in [0.25, 0.3) is 0 Å². The van der Waals surface area contributed by atoms with E-state index < -0.39 is 0 Å². The molecule has 0 saturated carbocycles. The smallest absolute Gasteiger partial charge is 0.231 e. The first-order valence-corrected chi connectivity index (χ1v) is 7.53. The summed E-state index contributed by atoms with van der Waals surface area (Å²) in [5.41, 5.74) is 0. The molecule has 1 fully saturated rings. The molecule has 0 N–H and O–H groups in total. The van der Waals surface area contributed by atoms with Gasteiger partial charge in [-0.1, -0.05) is 12.8 Å². The first kappa shape index (κ1) is 14.3. The van der Waals surface area contributed by atoms with Crippen molar-refractivity contribution >= 4 is 23.5 Å². The summed E-state index contributed by atoms with van der Waals surface area (Å²) in [6.07, 6.45) is 4.98. The average molecular weight is 284 g/mol. The Kier molecular flexibility index (Phi) is 5.19. The van der Waals surface area contributed by atoms with Gasteiger partial charge in [0.15, 0.2) is 0 Å². The molecule has 0 unspecified atom stereocenters. The summed E-state index contributed by atoms with van der Waals surface area (Å²) in [6, 6.07) is 0. The molecule has 106 valence electrons. The van der Waals surface area contributed by atoms with Crippen LogP contribution in [0.1, 0.15) is 39.5 Å². The summed E-state index contributed by atoms with van der Waals surface area (Å²) in [5.74, 6) is 1.41. The molecule has 6 heteroatoms. The standard InChI is InChI=1S/C13H22ClN5/c1-3-18(4-2)12-15-11(14)16-13(17-12)19-9-7-5-6-8-10-19/h3-10H2,1-2H3. The Morgan fingerprint density at radius 1 is 1.00 bits per heavy atom. The number of rotatable bonds is 4. The minimum atomic E-state index is 0.288. The number of halogens is 1. The highest BCUT2D eigenvalue weighted by atomic mass is 35.5. The van der Waals surface area contributed by atoms with Crippen molar-refractivity contribution in [3.8, 4) is 0 Å². The summed E-state index contributed by atoms with van der Waals surface area (Å²) in [6.45, 7) is 7.95. The molecule has 0 amide bonds. The lowest BCUT2D eigenvalue weighted by Crippen LogP contribution is -2.29. The van der Waals surface area contributed by atoms with Crippen LogP contribution < -0.4 is 9.80 Å². The van der Waals surface area contributed by atoms with Crippen LogP contribution in [-0.4, -0.2) is 41.1 Å². The van der Waals surface area contributed by atoms with E-state index >= 15 is 0 Å². The minimum Gasteiger partial charge on any atom is -0.341 e. The van der Waals surface area contributed by atoms with E-state index in [0.717, 1.165) is 32.1 Å². The summed E-state index contributed by atoms with van der Waals surface area (Å²) < 4.78 is 0. The second-order valence-corrected chi connectivity index (χ2v) is 5.12. The summed E-state index contributed by atoms with van der Waals surface area (Å²) >= 11 is 6.05. The third kappa shape index (κ3) is 3.69. The predicted molar refractivity (Wildman–Crippen MR) is 79.1 cm³/mol. The van der Waals surface area contributed by atoms with Crippen LogP contribution in [0.2, 0.25) is 5.28 Å². The van der Waals surface area contributed by atoms with Crippen LogP contribution in [0.3, 0.4) is 0 Å². The van der Waals surface area contributed by atoms with Gasteiger partial charge in [-0.05, 0) is 38.3 Å². The molecule has 0 aliphatic carbocycles.